The third-order valence-electron chi connectivity index (χ3n) is 6.08. The number of rotatable bonds is 0. The number of fused-ring (bicyclic) bond motifs is 5. The van der Waals surface area contributed by atoms with Crippen molar-refractivity contribution in [3.63, 3.8) is 0 Å². The topological polar surface area (TPSA) is 17.1 Å². The molecule has 0 aliphatic heterocycles. The summed E-state index contributed by atoms with van der Waals surface area (Å²) in [5, 5.41) is 3.07. The molecule has 0 aromatic heterocycles. The summed E-state index contributed by atoms with van der Waals surface area (Å²) in [4.78, 5) is 12.9. The second-order valence-electron chi connectivity index (χ2n) is 7.19. The highest BCUT2D eigenvalue weighted by Crippen LogP contribution is 2.57. The quantitative estimate of drug-likeness (QED) is 0.633. The van der Waals surface area contributed by atoms with Crippen molar-refractivity contribution >= 4 is 28.2 Å². The van der Waals surface area contributed by atoms with E-state index in [4.69, 9.17) is 11.6 Å². The van der Waals surface area contributed by atoms with Gasteiger partial charge in [-0.1, -0.05) is 41.4 Å². The lowest BCUT2D eigenvalue weighted by atomic mass is 9.63. The van der Waals surface area contributed by atoms with Gasteiger partial charge in [0.25, 0.3) is 0 Å². The molecule has 3 aliphatic carbocycles. The standard InChI is InChI=1S/C20H17ClO/c21-18-3-1-2-13-7-14-9-19(22)20(11-15(14)8-17(13)18)10-12-4-5-16(20)6-12/h1-4,7-8,16H,5-6,9-11H2. The van der Waals surface area contributed by atoms with E-state index in [9.17, 15) is 4.79 Å². The van der Waals surface area contributed by atoms with Crippen LogP contribution in [0.15, 0.2) is 42.0 Å². The Kier molecular flexibility index (Phi) is 2.48. The summed E-state index contributed by atoms with van der Waals surface area (Å²) in [7, 11) is 0. The molecule has 0 N–H and O–H groups in total. The van der Waals surface area contributed by atoms with Gasteiger partial charge < -0.3 is 0 Å². The van der Waals surface area contributed by atoms with Crippen molar-refractivity contribution in [3.8, 4) is 0 Å². The molecule has 2 atom stereocenters. The minimum atomic E-state index is -0.105. The lowest BCUT2D eigenvalue weighted by Crippen LogP contribution is -2.42. The molecule has 0 amide bonds. The van der Waals surface area contributed by atoms with Gasteiger partial charge >= 0.3 is 0 Å². The number of halogens is 1. The molecule has 0 saturated heterocycles. The fourth-order valence-electron chi connectivity index (χ4n) is 4.94. The van der Waals surface area contributed by atoms with Crippen LogP contribution in [0.1, 0.15) is 30.4 Å². The third-order valence-corrected chi connectivity index (χ3v) is 6.41. The predicted octanol–water partition coefficient (Wildman–Crippen LogP) is 4.89. The summed E-state index contributed by atoms with van der Waals surface area (Å²) in [6.07, 6.45) is 7.11. The van der Waals surface area contributed by atoms with E-state index in [2.05, 4.69) is 24.3 Å². The maximum absolute atomic E-state index is 12.9. The van der Waals surface area contributed by atoms with E-state index in [0.717, 1.165) is 41.5 Å². The van der Waals surface area contributed by atoms with E-state index in [-0.39, 0.29) is 5.41 Å². The Morgan fingerprint density at radius 1 is 1.14 bits per heavy atom. The molecule has 0 radical (unpaired) electrons. The van der Waals surface area contributed by atoms with Crippen molar-refractivity contribution in [1.29, 1.82) is 0 Å². The van der Waals surface area contributed by atoms with Crippen LogP contribution in [-0.4, -0.2) is 5.78 Å². The molecular formula is C20H17ClO. The molecule has 2 bridgehead atoms. The molecule has 110 valence electrons. The van der Waals surface area contributed by atoms with Crippen molar-refractivity contribution in [2.45, 2.75) is 32.1 Å². The molecule has 3 aliphatic rings. The smallest absolute Gasteiger partial charge is 0.144 e. The van der Waals surface area contributed by atoms with Crippen molar-refractivity contribution in [2.24, 2.45) is 11.3 Å². The van der Waals surface area contributed by atoms with E-state index >= 15 is 0 Å². The van der Waals surface area contributed by atoms with Crippen molar-refractivity contribution in [2.75, 3.05) is 0 Å². The lowest BCUT2D eigenvalue weighted by molar-refractivity contribution is -0.131. The Hall–Kier alpha value is -1.60. The van der Waals surface area contributed by atoms with Gasteiger partial charge in [0.1, 0.15) is 5.78 Å². The van der Waals surface area contributed by atoms with Crippen molar-refractivity contribution in [3.05, 3.63) is 58.1 Å². The highest BCUT2D eigenvalue weighted by molar-refractivity contribution is 6.35. The normalized spacial score (nSPS) is 29.2. The monoisotopic (exact) mass is 308 g/mol. The molecule has 1 saturated carbocycles. The van der Waals surface area contributed by atoms with Crippen molar-refractivity contribution < 1.29 is 4.79 Å². The van der Waals surface area contributed by atoms with Gasteiger partial charge in [-0.05, 0) is 60.2 Å². The SMILES string of the molecule is O=C1Cc2cc3cccc(Cl)c3cc2CC12CC1=CCC2C1. The first kappa shape index (κ1) is 12.9. The maximum Gasteiger partial charge on any atom is 0.144 e. The van der Waals surface area contributed by atoms with Crippen LogP contribution in [0.2, 0.25) is 5.02 Å². The third kappa shape index (κ3) is 1.58. The Balaban J connectivity index is 1.68. The largest absolute Gasteiger partial charge is 0.299 e. The van der Waals surface area contributed by atoms with Crippen LogP contribution in [0, 0.1) is 11.3 Å². The zero-order chi connectivity index (χ0) is 14.9. The number of hydrogen-bond donors (Lipinski definition) is 0. The predicted molar refractivity (Wildman–Crippen MR) is 89.2 cm³/mol. The summed E-state index contributed by atoms with van der Waals surface area (Å²) in [6, 6.07) is 10.4. The highest BCUT2D eigenvalue weighted by Gasteiger charge is 2.53. The highest BCUT2D eigenvalue weighted by atomic mass is 35.5. The number of carbonyl (C=O) groups excluding carboxylic acids is 1. The van der Waals surface area contributed by atoms with Gasteiger partial charge in [-0.15, -0.1) is 0 Å². The summed E-state index contributed by atoms with van der Waals surface area (Å²) >= 11 is 6.37. The van der Waals surface area contributed by atoms with Gasteiger partial charge in [0.05, 0.1) is 0 Å². The maximum atomic E-state index is 12.9. The van der Waals surface area contributed by atoms with Gasteiger partial charge in [0.15, 0.2) is 0 Å². The van der Waals surface area contributed by atoms with Crippen LogP contribution in [0.25, 0.3) is 10.8 Å². The van der Waals surface area contributed by atoms with E-state index < -0.39 is 0 Å². The van der Waals surface area contributed by atoms with Crippen LogP contribution >= 0.6 is 11.6 Å². The summed E-state index contributed by atoms with van der Waals surface area (Å²) < 4.78 is 0. The summed E-state index contributed by atoms with van der Waals surface area (Å²) in [5.41, 5.74) is 3.96. The molecule has 2 aromatic carbocycles. The first-order valence-electron chi connectivity index (χ1n) is 8.07. The summed E-state index contributed by atoms with van der Waals surface area (Å²) in [6.45, 7) is 0. The molecule has 2 heteroatoms. The second kappa shape index (κ2) is 4.23. The Bertz CT molecular complexity index is 863. The molecule has 1 fully saturated rings. The number of carbonyl (C=O) groups is 1. The number of hydrogen-bond acceptors (Lipinski definition) is 1. The van der Waals surface area contributed by atoms with Gasteiger partial charge in [-0.3, -0.25) is 4.79 Å². The molecular weight excluding hydrogens is 292 g/mol. The molecule has 1 spiro atoms. The molecule has 22 heavy (non-hydrogen) atoms. The van der Waals surface area contributed by atoms with Gasteiger partial charge in [-0.2, -0.15) is 0 Å². The van der Waals surface area contributed by atoms with E-state index in [1.54, 1.807) is 0 Å². The molecule has 0 heterocycles. The lowest BCUT2D eigenvalue weighted by Gasteiger charge is -2.39. The molecule has 1 nitrogen and oxygen atoms in total. The fourth-order valence-corrected chi connectivity index (χ4v) is 5.17. The van der Waals surface area contributed by atoms with Crippen LogP contribution < -0.4 is 0 Å². The first-order chi connectivity index (χ1) is 10.7. The van der Waals surface area contributed by atoms with Crippen LogP contribution in [0.4, 0.5) is 0 Å². The number of allylic oxidation sites excluding steroid dienone is 2. The van der Waals surface area contributed by atoms with Gasteiger partial charge in [0.2, 0.25) is 0 Å². The Morgan fingerprint density at radius 3 is 2.82 bits per heavy atom. The van der Waals surface area contributed by atoms with Crippen LogP contribution in [0.5, 0.6) is 0 Å². The fraction of sp³-hybridized carbons (Fsp3) is 0.350. The van der Waals surface area contributed by atoms with E-state index in [1.807, 2.05) is 12.1 Å². The van der Waals surface area contributed by atoms with Crippen LogP contribution in [0.3, 0.4) is 0 Å². The number of benzene rings is 2. The first-order valence-corrected chi connectivity index (χ1v) is 8.45. The Labute approximate surface area is 135 Å². The van der Waals surface area contributed by atoms with Gasteiger partial charge in [-0.25, -0.2) is 0 Å². The Morgan fingerprint density at radius 2 is 2.05 bits per heavy atom. The molecule has 2 unspecified atom stereocenters. The second-order valence-corrected chi connectivity index (χ2v) is 7.60. The number of ketones is 1. The van der Waals surface area contributed by atoms with E-state index in [0.29, 0.717) is 18.1 Å². The zero-order valence-corrected chi connectivity index (χ0v) is 13.1. The number of Topliss-reactive ketones (excluding diaryl/α,β-unsaturated/α-hetero) is 1. The van der Waals surface area contributed by atoms with Crippen LogP contribution in [-0.2, 0) is 17.6 Å². The average molecular weight is 309 g/mol. The minimum absolute atomic E-state index is 0.105. The average Bonchev–Trinajstić information content (AvgIpc) is 3.09. The van der Waals surface area contributed by atoms with E-state index in [1.165, 1.54) is 16.7 Å². The summed E-state index contributed by atoms with van der Waals surface area (Å²) in [5.74, 6) is 1.01. The molecule has 5 rings (SSSR count). The minimum Gasteiger partial charge on any atom is -0.299 e. The molecule has 2 aromatic rings. The zero-order valence-electron chi connectivity index (χ0n) is 12.4. The van der Waals surface area contributed by atoms with Crippen molar-refractivity contribution in [1.82, 2.24) is 0 Å². The van der Waals surface area contributed by atoms with Gasteiger partial charge in [0, 0.05) is 22.2 Å².